The Hall–Kier alpha value is -2.18. The number of rotatable bonds is 7. The van der Waals surface area contributed by atoms with Crippen molar-refractivity contribution in [3.8, 4) is 0 Å². The summed E-state index contributed by atoms with van der Waals surface area (Å²) < 4.78 is 0. The van der Waals surface area contributed by atoms with Crippen LogP contribution >= 0.6 is 0 Å². The number of hydrogen-bond donors (Lipinski definition) is 2. The van der Waals surface area contributed by atoms with Gasteiger partial charge >= 0.3 is 5.69 Å². The van der Waals surface area contributed by atoms with Crippen LogP contribution in [-0.4, -0.2) is 28.4 Å². The molecule has 0 aliphatic heterocycles. The first-order chi connectivity index (χ1) is 9.56. The second-order valence-corrected chi connectivity index (χ2v) is 4.95. The predicted molar refractivity (Wildman–Crippen MR) is 74.5 cm³/mol. The van der Waals surface area contributed by atoms with Crippen molar-refractivity contribution in [2.24, 2.45) is 0 Å². The number of aromatic nitrogens is 1. The summed E-state index contributed by atoms with van der Waals surface area (Å²) in [5.41, 5.74) is 0.669. The Balaban J connectivity index is 1.79. The van der Waals surface area contributed by atoms with Crippen molar-refractivity contribution in [3.63, 3.8) is 0 Å². The second-order valence-electron chi connectivity index (χ2n) is 4.95. The summed E-state index contributed by atoms with van der Waals surface area (Å²) in [6.07, 6.45) is 3.18. The molecule has 7 nitrogen and oxygen atoms in total. The number of amides is 1. The topological polar surface area (TPSA) is 97.2 Å². The number of nitro groups is 1. The Morgan fingerprint density at radius 2 is 2.25 bits per heavy atom. The number of nitrogens with one attached hydrogen (secondary N) is 2. The van der Waals surface area contributed by atoms with Crippen LogP contribution in [0.3, 0.4) is 0 Å². The number of aryl methyl sites for hydroxylation is 1. The van der Waals surface area contributed by atoms with Gasteiger partial charge in [0.15, 0.2) is 0 Å². The average Bonchev–Trinajstić information content (AvgIpc) is 3.18. The van der Waals surface area contributed by atoms with Gasteiger partial charge in [0.1, 0.15) is 0 Å². The van der Waals surface area contributed by atoms with Crippen LogP contribution in [0.25, 0.3) is 0 Å². The van der Waals surface area contributed by atoms with Gasteiger partial charge in [0.05, 0.1) is 4.92 Å². The normalized spacial score (nSPS) is 13.8. The number of nitrogens with zero attached hydrogens (tertiary/aromatic N) is 2. The van der Waals surface area contributed by atoms with E-state index < -0.39 is 4.92 Å². The molecular weight excluding hydrogens is 260 g/mol. The fourth-order valence-corrected chi connectivity index (χ4v) is 1.81. The first kappa shape index (κ1) is 14.2. The van der Waals surface area contributed by atoms with E-state index in [4.69, 9.17) is 0 Å². The Bertz CT molecular complexity index is 514. The van der Waals surface area contributed by atoms with Gasteiger partial charge in [-0.2, -0.15) is 0 Å². The molecule has 0 spiro atoms. The smallest absolute Gasteiger partial charge is 0.311 e. The quantitative estimate of drug-likeness (QED) is 0.450. The molecule has 0 atom stereocenters. The molecule has 7 heteroatoms. The van der Waals surface area contributed by atoms with Crippen LogP contribution in [0.15, 0.2) is 12.1 Å². The van der Waals surface area contributed by atoms with Crippen molar-refractivity contribution in [3.05, 3.63) is 27.9 Å². The van der Waals surface area contributed by atoms with Crippen LogP contribution in [0.4, 0.5) is 11.5 Å². The lowest BCUT2D eigenvalue weighted by Gasteiger charge is -2.07. The van der Waals surface area contributed by atoms with Gasteiger partial charge in [-0.1, -0.05) is 0 Å². The molecule has 0 saturated heterocycles. The minimum absolute atomic E-state index is 0.0426. The van der Waals surface area contributed by atoms with Gasteiger partial charge in [0, 0.05) is 30.8 Å². The van der Waals surface area contributed by atoms with Gasteiger partial charge < -0.3 is 10.6 Å². The number of carbonyl (C=O) groups excluding carboxylic acids is 1. The molecule has 20 heavy (non-hydrogen) atoms. The minimum atomic E-state index is -0.464. The largest absolute Gasteiger partial charge is 0.364 e. The molecule has 2 N–H and O–H groups in total. The predicted octanol–water partition coefficient (Wildman–Crippen LogP) is 1.77. The van der Waals surface area contributed by atoms with E-state index in [2.05, 4.69) is 15.6 Å². The van der Waals surface area contributed by atoms with Crippen molar-refractivity contribution < 1.29 is 9.72 Å². The van der Waals surface area contributed by atoms with Crippen molar-refractivity contribution in [2.45, 2.75) is 38.6 Å². The maximum atomic E-state index is 11.5. The highest BCUT2D eigenvalue weighted by molar-refractivity contribution is 5.76. The zero-order chi connectivity index (χ0) is 14.5. The Kier molecular flexibility index (Phi) is 4.49. The zero-order valence-electron chi connectivity index (χ0n) is 11.4. The average molecular weight is 278 g/mol. The van der Waals surface area contributed by atoms with Gasteiger partial charge in [-0.05, 0) is 32.3 Å². The van der Waals surface area contributed by atoms with E-state index in [1.807, 2.05) is 0 Å². The molecule has 1 aliphatic rings. The summed E-state index contributed by atoms with van der Waals surface area (Å²) >= 11 is 0. The summed E-state index contributed by atoms with van der Waals surface area (Å²) in [7, 11) is 0. The van der Waals surface area contributed by atoms with Gasteiger partial charge in [0.2, 0.25) is 11.7 Å². The third-order valence-electron chi connectivity index (χ3n) is 3.03. The van der Waals surface area contributed by atoms with E-state index in [1.165, 1.54) is 6.07 Å². The van der Waals surface area contributed by atoms with E-state index in [0.717, 1.165) is 12.8 Å². The highest BCUT2D eigenvalue weighted by Crippen LogP contribution is 2.22. The molecule has 0 unspecified atom stereocenters. The lowest BCUT2D eigenvalue weighted by Crippen LogP contribution is -2.25. The van der Waals surface area contributed by atoms with Crippen LogP contribution in [0.2, 0.25) is 0 Å². The van der Waals surface area contributed by atoms with Crippen molar-refractivity contribution in [1.82, 2.24) is 10.3 Å². The SMILES string of the molecule is Cc1ccc([N+](=O)[O-])c(NCCCC(=O)NC2CC2)n1. The molecule has 1 saturated carbocycles. The minimum Gasteiger partial charge on any atom is -0.364 e. The summed E-state index contributed by atoms with van der Waals surface area (Å²) in [4.78, 5) is 26.0. The highest BCUT2D eigenvalue weighted by atomic mass is 16.6. The molecule has 1 heterocycles. The van der Waals surface area contributed by atoms with Crippen LogP contribution in [0, 0.1) is 17.0 Å². The monoisotopic (exact) mass is 278 g/mol. The molecule has 108 valence electrons. The van der Waals surface area contributed by atoms with Gasteiger partial charge in [-0.25, -0.2) is 4.98 Å². The number of anilines is 1. The standard InChI is InChI=1S/C13H18N4O3/c1-9-4-7-11(17(19)20)13(15-9)14-8-2-3-12(18)16-10-5-6-10/h4,7,10H,2-3,5-6,8H2,1H3,(H,14,15)(H,16,18). The molecule has 0 radical (unpaired) electrons. The molecule has 0 bridgehead atoms. The van der Waals surface area contributed by atoms with E-state index in [-0.39, 0.29) is 17.4 Å². The summed E-state index contributed by atoms with van der Waals surface area (Å²) in [5, 5.41) is 16.7. The maximum absolute atomic E-state index is 11.5. The number of hydrogen-bond acceptors (Lipinski definition) is 5. The van der Waals surface area contributed by atoms with Crippen LogP contribution in [0.5, 0.6) is 0 Å². The summed E-state index contributed by atoms with van der Waals surface area (Å²) in [5.74, 6) is 0.304. The van der Waals surface area contributed by atoms with Crippen molar-refractivity contribution in [1.29, 1.82) is 0 Å². The van der Waals surface area contributed by atoms with Crippen LogP contribution in [-0.2, 0) is 4.79 Å². The van der Waals surface area contributed by atoms with Crippen molar-refractivity contribution >= 4 is 17.4 Å². The molecule has 2 rings (SSSR count). The molecular formula is C13H18N4O3. The lowest BCUT2D eigenvalue weighted by atomic mass is 10.3. The molecule has 1 aromatic rings. The van der Waals surface area contributed by atoms with E-state index in [1.54, 1.807) is 13.0 Å². The fraction of sp³-hybridized carbons (Fsp3) is 0.538. The highest BCUT2D eigenvalue weighted by Gasteiger charge is 2.22. The third-order valence-corrected chi connectivity index (χ3v) is 3.03. The van der Waals surface area contributed by atoms with E-state index in [0.29, 0.717) is 31.1 Å². The summed E-state index contributed by atoms with van der Waals surface area (Å²) in [6.45, 7) is 2.26. The van der Waals surface area contributed by atoms with Crippen LogP contribution in [0.1, 0.15) is 31.4 Å². The molecule has 1 amide bonds. The second kappa shape index (κ2) is 6.31. The Morgan fingerprint density at radius 1 is 1.50 bits per heavy atom. The Labute approximate surface area is 116 Å². The molecule has 1 aromatic heterocycles. The number of pyridine rings is 1. The molecule has 0 aromatic carbocycles. The van der Waals surface area contributed by atoms with E-state index >= 15 is 0 Å². The summed E-state index contributed by atoms with van der Waals surface area (Å²) in [6, 6.07) is 3.41. The Morgan fingerprint density at radius 3 is 2.90 bits per heavy atom. The van der Waals surface area contributed by atoms with E-state index in [9.17, 15) is 14.9 Å². The first-order valence-electron chi connectivity index (χ1n) is 6.71. The van der Waals surface area contributed by atoms with Gasteiger partial charge in [-0.15, -0.1) is 0 Å². The fourth-order valence-electron chi connectivity index (χ4n) is 1.81. The van der Waals surface area contributed by atoms with Gasteiger partial charge in [0.25, 0.3) is 0 Å². The lowest BCUT2D eigenvalue weighted by molar-refractivity contribution is -0.384. The maximum Gasteiger partial charge on any atom is 0.311 e. The first-order valence-corrected chi connectivity index (χ1v) is 6.71. The number of carbonyl (C=O) groups is 1. The molecule has 1 aliphatic carbocycles. The van der Waals surface area contributed by atoms with Crippen LogP contribution < -0.4 is 10.6 Å². The van der Waals surface area contributed by atoms with Crippen molar-refractivity contribution in [2.75, 3.05) is 11.9 Å². The zero-order valence-corrected chi connectivity index (χ0v) is 11.4. The molecule has 1 fully saturated rings. The third kappa shape index (κ3) is 4.18. The van der Waals surface area contributed by atoms with Gasteiger partial charge in [-0.3, -0.25) is 14.9 Å².